The monoisotopic (exact) mass is 364 g/mol. The molecule has 6 nitrogen and oxygen atoms in total. The molecule has 1 fully saturated rings. The highest BCUT2D eigenvalue weighted by molar-refractivity contribution is 7.99. The van der Waals surface area contributed by atoms with Crippen molar-refractivity contribution in [2.75, 3.05) is 0 Å². The van der Waals surface area contributed by atoms with Crippen LogP contribution in [0.15, 0.2) is 47.1 Å². The SMILES string of the molecule is FC(F)(F)c1ccnc(Sc2nnc(-c3cccnc3)n2C2CC2)n1. The van der Waals surface area contributed by atoms with Gasteiger partial charge in [-0.3, -0.25) is 9.55 Å². The molecule has 3 aromatic heterocycles. The third kappa shape index (κ3) is 3.34. The minimum absolute atomic E-state index is 0.0122. The molecule has 4 rings (SSSR count). The number of halogens is 3. The second-order valence-electron chi connectivity index (χ2n) is 5.47. The lowest BCUT2D eigenvalue weighted by atomic mass is 10.3. The van der Waals surface area contributed by atoms with Crippen LogP contribution in [-0.4, -0.2) is 29.7 Å². The van der Waals surface area contributed by atoms with Gasteiger partial charge in [-0.05, 0) is 42.8 Å². The molecular weight excluding hydrogens is 353 g/mol. The molecule has 1 aliphatic carbocycles. The summed E-state index contributed by atoms with van der Waals surface area (Å²) in [5.74, 6) is 0.644. The molecule has 0 amide bonds. The van der Waals surface area contributed by atoms with E-state index in [1.54, 1.807) is 18.5 Å². The number of hydrogen-bond acceptors (Lipinski definition) is 6. The Labute approximate surface area is 144 Å². The number of pyridine rings is 1. The largest absolute Gasteiger partial charge is 0.433 e. The zero-order valence-corrected chi connectivity index (χ0v) is 13.5. The Balaban J connectivity index is 1.69. The second-order valence-corrected chi connectivity index (χ2v) is 6.41. The minimum atomic E-state index is -4.51. The van der Waals surface area contributed by atoms with E-state index in [1.165, 1.54) is 0 Å². The number of rotatable bonds is 4. The Hall–Kier alpha value is -2.49. The van der Waals surface area contributed by atoms with E-state index in [0.29, 0.717) is 11.0 Å². The number of alkyl halides is 3. The van der Waals surface area contributed by atoms with Gasteiger partial charge in [0, 0.05) is 30.2 Å². The Kier molecular flexibility index (Phi) is 3.91. The molecule has 1 saturated carbocycles. The van der Waals surface area contributed by atoms with E-state index >= 15 is 0 Å². The first-order chi connectivity index (χ1) is 12.0. The Morgan fingerprint density at radius 3 is 2.64 bits per heavy atom. The summed E-state index contributed by atoms with van der Waals surface area (Å²) in [6.07, 6.45) is 1.87. The first kappa shape index (κ1) is 16.0. The highest BCUT2D eigenvalue weighted by Crippen LogP contribution is 2.42. The van der Waals surface area contributed by atoms with Crippen LogP contribution in [0, 0.1) is 0 Å². The van der Waals surface area contributed by atoms with Gasteiger partial charge < -0.3 is 0 Å². The molecule has 0 spiro atoms. The van der Waals surface area contributed by atoms with Crippen LogP contribution in [0.4, 0.5) is 13.2 Å². The molecule has 3 heterocycles. The fourth-order valence-electron chi connectivity index (χ4n) is 2.33. The van der Waals surface area contributed by atoms with Crippen LogP contribution in [0.1, 0.15) is 24.6 Å². The molecule has 1 aliphatic rings. The maximum absolute atomic E-state index is 12.8. The van der Waals surface area contributed by atoms with Crippen LogP contribution >= 0.6 is 11.8 Å². The standard InChI is InChI=1S/C15H11F3N6S/c16-15(17,18)11-5-7-20-13(21-11)25-14-23-22-12(24(14)10-3-4-10)9-2-1-6-19-8-9/h1-2,5-8,10H,3-4H2. The van der Waals surface area contributed by atoms with Gasteiger partial charge in [0.2, 0.25) is 0 Å². The average Bonchev–Trinajstić information content (AvgIpc) is 3.36. The van der Waals surface area contributed by atoms with E-state index in [4.69, 9.17) is 0 Å². The van der Waals surface area contributed by atoms with Crippen molar-refractivity contribution in [2.24, 2.45) is 0 Å². The van der Waals surface area contributed by atoms with E-state index in [9.17, 15) is 13.2 Å². The van der Waals surface area contributed by atoms with Crippen molar-refractivity contribution < 1.29 is 13.2 Å². The van der Waals surface area contributed by atoms with Crippen LogP contribution in [-0.2, 0) is 6.18 Å². The highest BCUT2D eigenvalue weighted by Gasteiger charge is 2.34. The zero-order chi connectivity index (χ0) is 17.4. The summed E-state index contributed by atoms with van der Waals surface area (Å²) in [4.78, 5) is 11.6. The molecule has 3 aromatic rings. The molecule has 10 heteroatoms. The first-order valence-corrected chi connectivity index (χ1v) is 8.27. The minimum Gasteiger partial charge on any atom is -0.299 e. The van der Waals surface area contributed by atoms with Crippen molar-refractivity contribution in [3.05, 3.63) is 42.5 Å². The quantitative estimate of drug-likeness (QED) is 0.659. The summed E-state index contributed by atoms with van der Waals surface area (Å²) in [7, 11) is 0. The third-order valence-electron chi connectivity index (χ3n) is 3.60. The van der Waals surface area contributed by atoms with Gasteiger partial charge in [0.25, 0.3) is 0 Å². The summed E-state index contributed by atoms with van der Waals surface area (Å²) in [6, 6.07) is 4.74. The van der Waals surface area contributed by atoms with Gasteiger partial charge in [0.15, 0.2) is 16.1 Å². The molecule has 0 bridgehead atoms. The lowest BCUT2D eigenvalue weighted by molar-refractivity contribution is -0.141. The molecular formula is C15H11F3N6S. The Bertz CT molecular complexity index is 892. The van der Waals surface area contributed by atoms with E-state index in [0.717, 1.165) is 42.4 Å². The smallest absolute Gasteiger partial charge is 0.299 e. The predicted octanol–water partition coefficient (Wildman–Crippen LogP) is 3.64. The van der Waals surface area contributed by atoms with Gasteiger partial charge in [0.1, 0.15) is 5.69 Å². The van der Waals surface area contributed by atoms with E-state index in [2.05, 4.69) is 25.1 Å². The summed E-state index contributed by atoms with van der Waals surface area (Å²) < 4.78 is 40.4. The first-order valence-electron chi connectivity index (χ1n) is 7.46. The average molecular weight is 364 g/mol. The van der Waals surface area contributed by atoms with Crippen LogP contribution in [0.3, 0.4) is 0 Å². The van der Waals surface area contributed by atoms with Crippen molar-refractivity contribution in [2.45, 2.75) is 35.4 Å². The molecule has 0 N–H and O–H groups in total. The normalized spacial score (nSPS) is 14.7. The van der Waals surface area contributed by atoms with E-state index < -0.39 is 11.9 Å². The summed E-state index contributed by atoms with van der Waals surface area (Å²) >= 11 is 0.975. The lowest BCUT2D eigenvalue weighted by Gasteiger charge is -2.09. The Morgan fingerprint density at radius 2 is 1.96 bits per heavy atom. The molecule has 0 aromatic carbocycles. The molecule has 128 valence electrons. The van der Waals surface area contributed by atoms with Crippen molar-refractivity contribution in [1.82, 2.24) is 29.7 Å². The molecule has 0 saturated heterocycles. The number of hydrogen-bond donors (Lipinski definition) is 0. The number of nitrogens with zero attached hydrogens (tertiary/aromatic N) is 6. The third-order valence-corrected chi connectivity index (χ3v) is 4.44. The fourth-order valence-corrected chi connectivity index (χ4v) is 3.17. The predicted molar refractivity (Wildman–Crippen MR) is 82.7 cm³/mol. The maximum Gasteiger partial charge on any atom is 0.433 e. The summed E-state index contributed by atoms with van der Waals surface area (Å²) in [5.41, 5.74) is -0.173. The molecule has 0 aliphatic heterocycles. The van der Waals surface area contributed by atoms with Gasteiger partial charge >= 0.3 is 6.18 Å². The summed E-state index contributed by atoms with van der Waals surface area (Å²) in [6.45, 7) is 0. The van der Waals surface area contributed by atoms with Crippen LogP contribution in [0.2, 0.25) is 0 Å². The van der Waals surface area contributed by atoms with Crippen molar-refractivity contribution >= 4 is 11.8 Å². The van der Waals surface area contributed by atoms with Gasteiger partial charge in [-0.1, -0.05) is 0 Å². The van der Waals surface area contributed by atoms with Crippen LogP contribution in [0.25, 0.3) is 11.4 Å². The van der Waals surface area contributed by atoms with Gasteiger partial charge in [-0.15, -0.1) is 10.2 Å². The maximum atomic E-state index is 12.8. The fraction of sp³-hybridized carbons (Fsp3) is 0.267. The van der Waals surface area contributed by atoms with E-state index in [1.807, 2.05) is 10.6 Å². The topological polar surface area (TPSA) is 69.4 Å². The van der Waals surface area contributed by atoms with Gasteiger partial charge in [-0.2, -0.15) is 13.2 Å². The van der Waals surface area contributed by atoms with Gasteiger partial charge in [0.05, 0.1) is 0 Å². The van der Waals surface area contributed by atoms with Crippen LogP contribution < -0.4 is 0 Å². The molecule has 0 atom stereocenters. The molecule has 0 radical (unpaired) electrons. The Morgan fingerprint density at radius 1 is 1.12 bits per heavy atom. The number of aromatic nitrogens is 6. The van der Waals surface area contributed by atoms with Crippen molar-refractivity contribution in [3.8, 4) is 11.4 Å². The molecule has 25 heavy (non-hydrogen) atoms. The summed E-state index contributed by atoms with van der Waals surface area (Å²) in [5, 5.41) is 8.78. The zero-order valence-electron chi connectivity index (χ0n) is 12.7. The second kappa shape index (κ2) is 6.10. The van der Waals surface area contributed by atoms with Crippen molar-refractivity contribution in [1.29, 1.82) is 0 Å². The lowest BCUT2D eigenvalue weighted by Crippen LogP contribution is -2.09. The van der Waals surface area contributed by atoms with E-state index in [-0.39, 0.29) is 11.2 Å². The molecule has 0 unspecified atom stereocenters. The van der Waals surface area contributed by atoms with Crippen LogP contribution in [0.5, 0.6) is 0 Å². The van der Waals surface area contributed by atoms with Crippen molar-refractivity contribution in [3.63, 3.8) is 0 Å². The highest BCUT2D eigenvalue weighted by atomic mass is 32.2. The van der Waals surface area contributed by atoms with Gasteiger partial charge in [-0.25, -0.2) is 9.97 Å².